The van der Waals surface area contributed by atoms with Gasteiger partial charge in [-0.15, -0.1) is 0 Å². The summed E-state index contributed by atoms with van der Waals surface area (Å²) in [5.74, 6) is 0.872. The summed E-state index contributed by atoms with van der Waals surface area (Å²) >= 11 is 0. The molecule has 1 fully saturated rings. The van der Waals surface area contributed by atoms with Crippen molar-refractivity contribution >= 4 is 17.7 Å². The van der Waals surface area contributed by atoms with Gasteiger partial charge in [-0.2, -0.15) is 0 Å². The molecule has 1 unspecified atom stereocenters. The fourth-order valence-corrected chi connectivity index (χ4v) is 4.81. The fourth-order valence-electron chi connectivity index (χ4n) is 4.81. The Balaban J connectivity index is 1.43. The van der Waals surface area contributed by atoms with Gasteiger partial charge in [-0.25, -0.2) is 0 Å². The summed E-state index contributed by atoms with van der Waals surface area (Å²) in [6.07, 6.45) is 4.22. The average molecular weight is 411 g/mol. The first-order chi connectivity index (χ1) is 15.0. The minimum Gasteiger partial charge on any atom is -0.489 e. The van der Waals surface area contributed by atoms with Crippen molar-refractivity contribution in [3.8, 4) is 5.75 Å². The SMILES string of the molecule is CC1(C)c2ccccc2N2CC(=O)NC21C=Cc1cccc(OCc2ccccc2)c1. The Bertz CT molecular complexity index is 1150. The van der Waals surface area contributed by atoms with Crippen molar-refractivity contribution < 1.29 is 9.53 Å². The van der Waals surface area contributed by atoms with E-state index in [1.165, 1.54) is 5.56 Å². The second-order valence-corrected chi connectivity index (χ2v) is 8.72. The standard InChI is InChI=1S/C27H26N2O2/c1-26(2)23-13-6-7-14-24(23)29-18-25(30)28-27(26,29)16-15-20-11-8-12-22(17-20)31-19-21-9-4-3-5-10-21/h3-17H,18-19H2,1-2H3,(H,28,30). The van der Waals surface area contributed by atoms with Crippen LogP contribution in [0.1, 0.15) is 30.5 Å². The van der Waals surface area contributed by atoms with Crippen LogP contribution < -0.4 is 15.0 Å². The Labute approximate surface area is 183 Å². The lowest BCUT2D eigenvalue weighted by Crippen LogP contribution is -2.58. The molecule has 2 aliphatic heterocycles. The molecule has 0 bridgehead atoms. The zero-order valence-electron chi connectivity index (χ0n) is 17.8. The Hall–Kier alpha value is -3.53. The molecule has 2 heterocycles. The molecule has 1 atom stereocenters. The number of fused-ring (bicyclic) bond motifs is 3. The number of anilines is 1. The van der Waals surface area contributed by atoms with Crippen LogP contribution in [0, 0.1) is 0 Å². The Morgan fingerprint density at radius 1 is 1.00 bits per heavy atom. The van der Waals surface area contributed by atoms with Gasteiger partial charge >= 0.3 is 0 Å². The van der Waals surface area contributed by atoms with Gasteiger partial charge in [0, 0.05) is 11.1 Å². The molecule has 1 amide bonds. The van der Waals surface area contributed by atoms with Crippen molar-refractivity contribution in [3.63, 3.8) is 0 Å². The number of amides is 1. The molecular formula is C27H26N2O2. The van der Waals surface area contributed by atoms with E-state index in [-0.39, 0.29) is 11.3 Å². The maximum atomic E-state index is 12.4. The van der Waals surface area contributed by atoms with Crippen LogP contribution in [-0.2, 0) is 16.8 Å². The third kappa shape index (κ3) is 3.19. The normalized spacial score (nSPS) is 21.1. The summed E-state index contributed by atoms with van der Waals surface area (Å²) in [7, 11) is 0. The van der Waals surface area contributed by atoms with E-state index in [9.17, 15) is 4.79 Å². The Kier molecular flexibility index (Phi) is 4.58. The van der Waals surface area contributed by atoms with Gasteiger partial charge in [-0.1, -0.05) is 80.6 Å². The molecule has 3 aromatic rings. The van der Waals surface area contributed by atoms with Crippen LogP contribution in [0.15, 0.2) is 84.9 Å². The van der Waals surface area contributed by atoms with Crippen LogP contribution in [0.2, 0.25) is 0 Å². The maximum absolute atomic E-state index is 12.4. The molecule has 31 heavy (non-hydrogen) atoms. The molecule has 1 saturated heterocycles. The third-order valence-electron chi connectivity index (χ3n) is 6.50. The summed E-state index contributed by atoms with van der Waals surface area (Å²) in [4.78, 5) is 14.6. The van der Waals surface area contributed by atoms with E-state index in [4.69, 9.17) is 4.74 Å². The molecule has 0 aliphatic carbocycles. The topological polar surface area (TPSA) is 41.6 Å². The van der Waals surface area contributed by atoms with E-state index in [2.05, 4.69) is 72.6 Å². The highest BCUT2D eigenvalue weighted by Crippen LogP contribution is 2.52. The number of benzene rings is 3. The molecule has 0 saturated carbocycles. The second kappa shape index (κ2) is 7.31. The predicted molar refractivity (Wildman–Crippen MR) is 124 cm³/mol. The third-order valence-corrected chi connectivity index (χ3v) is 6.50. The molecule has 1 N–H and O–H groups in total. The van der Waals surface area contributed by atoms with E-state index in [0.29, 0.717) is 13.2 Å². The van der Waals surface area contributed by atoms with E-state index >= 15 is 0 Å². The predicted octanol–water partition coefficient (Wildman–Crippen LogP) is 4.90. The average Bonchev–Trinajstić information content (AvgIpc) is 3.22. The molecule has 156 valence electrons. The molecule has 4 heteroatoms. The second-order valence-electron chi connectivity index (χ2n) is 8.72. The number of carbonyl (C=O) groups excluding carboxylic acids is 1. The number of hydrogen-bond donors (Lipinski definition) is 1. The zero-order valence-corrected chi connectivity index (χ0v) is 17.8. The van der Waals surface area contributed by atoms with Crippen LogP contribution >= 0.6 is 0 Å². The zero-order chi connectivity index (χ0) is 21.5. The largest absolute Gasteiger partial charge is 0.489 e. The van der Waals surface area contributed by atoms with E-state index in [1.807, 2.05) is 42.5 Å². The van der Waals surface area contributed by atoms with Gasteiger partial charge < -0.3 is 15.0 Å². The number of carbonyl (C=O) groups is 1. The quantitative estimate of drug-likeness (QED) is 0.650. The molecule has 0 aromatic heterocycles. The first-order valence-corrected chi connectivity index (χ1v) is 10.6. The highest BCUT2D eigenvalue weighted by atomic mass is 16.5. The lowest BCUT2D eigenvalue weighted by molar-refractivity contribution is -0.118. The molecule has 0 radical (unpaired) electrons. The minimum atomic E-state index is -0.589. The van der Waals surface area contributed by atoms with Crippen LogP contribution in [0.3, 0.4) is 0 Å². The summed E-state index contributed by atoms with van der Waals surface area (Å²) in [5.41, 5.74) is 3.68. The molecule has 4 nitrogen and oxygen atoms in total. The van der Waals surface area contributed by atoms with Gasteiger partial charge in [-0.05, 0) is 41.0 Å². The number of nitrogens with one attached hydrogen (secondary N) is 1. The lowest BCUT2D eigenvalue weighted by atomic mass is 9.75. The van der Waals surface area contributed by atoms with Crippen LogP contribution in [0.4, 0.5) is 5.69 Å². The summed E-state index contributed by atoms with van der Waals surface area (Å²) < 4.78 is 5.98. The summed E-state index contributed by atoms with van der Waals surface area (Å²) in [5, 5.41) is 3.27. The van der Waals surface area contributed by atoms with Crippen molar-refractivity contribution in [3.05, 3.63) is 102 Å². The highest BCUT2D eigenvalue weighted by molar-refractivity contribution is 5.91. The Morgan fingerprint density at radius 2 is 1.77 bits per heavy atom. The lowest BCUT2D eigenvalue weighted by Gasteiger charge is -2.40. The molecule has 2 aliphatic rings. The van der Waals surface area contributed by atoms with Gasteiger partial charge in [0.05, 0.1) is 6.54 Å². The highest BCUT2D eigenvalue weighted by Gasteiger charge is 2.59. The number of rotatable bonds is 5. The van der Waals surface area contributed by atoms with E-state index in [1.54, 1.807) is 0 Å². The van der Waals surface area contributed by atoms with Gasteiger partial charge in [0.1, 0.15) is 18.0 Å². The van der Waals surface area contributed by atoms with Crippen molar-refractivity contribution in [2.75, 3.05) is 11.4 Å². The summed E-state index contributed by atoms with van der Waals surface area (Å²) in [6, 6.07) is 26.6. The van der Waals surface area contributed by atoms with Crippen molar-refractivity contribution in [1.29, 1.82) is 0 Å². The number of para-hydroxylation sites is 1. The maximum Gasteiger partial charge on any atom is 0.241 e. The van der Waals surface area contributed by atoms with Crippen molar-refractivity contribution in [1.82, 2.24) is 5.32 Å². The first-order valence-electron chi connectivity index (χ1n) is 10.6. The van der Waals surface area contributed by atoms with Gasteiger partial charge in [-0.3, -0.25) is 4.79 Å². The Morgan fingerprint density at radius 3 is 2.61 bits per heavy atom. The van der Waals surface area contributed by atoms with E-state index in [0.717, 1.165) is 22.6 Å². The first kappa shape index (κ1) is 19.4. The molecular weight excluding hydrogens is 384 g/mol. The summed E-state index contributed by atoms with van der Waals surface area (Å²) in [6.45, 7) is 5.29. The van der Waals surface area contributed by atoms with Crippen LogP contribution in [-0.4, -0.2) is 18.1 Å². The number of ether oxygens (including phenoxy) is 1. The van der Waals surface area contributed by atoms with Crippen LogP contribution in [0.5, 0.6) is 5.75 Å². The van der Waals surface area contributed by atoms with Gasteiger partial charge in [0.25, 0.3) is 0 Å². The van der Waals surface area contributed by atoms with Crippen molar-refractivity contribution in [2.45, 2.75) is 31.5 Å². The van der Waals surface area contributed by atoms with E-state index < -0.39 is 5.66 Å². The van der Waals surface area contributed by atoms with Gasteiger partial charge in [0.2, 0.25) is 5.91 Å². The minimum absolute atomic E-state index is 0.0483. The number of hydrogen-bond acceptors (Lipinski definition) is 3. The monoisotopic (exact) mass is 410 g/mol. The smallest absolute Gasteiger partial charge is 0.241 e. The molecule has 5 rings (SSSR count). The molecule has 0 spiro atoms. The van der Waals surface area contributed by atoms with Crippen LogP contribution in [0.25, 0.3) is 6.08 Å². The van der Waals surface area contributed by atoms with Crippen molar-refractivity contribution in [2.24, 2.45) is 0 Å². The molecule has 3 aromatic carbocycles. The fraction of sp³-hybridized carbons (Fsp3) is 0.222. The van der Waals surface area contributed by atoms with Gasteiger partial charge in [0.15, 0.2) is 0 Å². The number of nitrogens with zero attached hydrogens (tertiary/aromatic N) is 1.